The maximum absolute atomic E-state index is 12.5. The van der Waals surface area contributed by atoms with Gasteiger partial charge in [-0.15, -0.1) is 11.3 Å². The van der Waals surface area contributed by atoms with Gasteiger partial charge in [0.25, 0.3) is 5.91 Å². The highest BCUT2D eigenvalue weighted by Crippen LogP contribution is 2.28. The van der Waals surface area contributed by atoms with Gasteiger partial charge in [-0.05, 0) is 36.4 Å². The van der Waals surface area contributed by atoms with Gasteiger partial charge >= 0.3 is 0 Å². The van der Waals surface area contributed by atoms with Crippen LogP contribution >= 0.6 is 11.3 Å². The first kappa shape index (κ1) is 15.5. The van der Waals surface area contributed by atoms with Crippen LogP contribution in [0.15, 0.2) is 81.9 Å². The van der Waals surface area contributed by atoms with E-state index in [0.29, 0.717) is 10.6 Å². The smallest absolute Gasteiger partial charge is 0.265 e. The number of hydrogen-bond acceptors (Lipinski definition) is 4. The second kappa shape index (κ2) is 6.36. The monoisotopic (exact) mass is 343 g/mol. The van der Waals surface area contributed by atoms with Crippen molar-refractivity contribution in [1.29, 1.82) is 0 Å². The third-order valence-corrected chi connectivity index (χ3v) is 6.50. The second-order valence-corrected chi connectivity index (χ2v) is 8.02. The van der Waals surface area contributed by atoms with E-state index in [0.717, 1.165) is 11.3 Å². The summed E-state index contributed by atoms with van der Waals surface area (Å²) in [5.74, 6) is -0.323. The zero-order chi connectivity index (χ0) is 16.3. The van der Waals surface area contributed by atoms with Crippen LogP contribution in [0.4, 0.5) is 5.69 Å². The van der Waals surface area contributed by atoms with Gasteiger partial charge in [0.1, 0.15) is 4.21 Å². The number of carbonyl (C=O) groups is 1. The minimum absolute atomic E-state index is 0.155. The molecule has 0 saturated heterocycles. The van der Waals surface area contributed by atoms with Crippen molar-refractivity contribution < 1.29 is 13.2 Å². The standard InChI is InChI=1S/C17H13NO3S2/c19-17(18-13-7-3-1-4-8-13)15-11-12-16(22-15)23(20,21)14-9-5-2-6-10-14/h1-12H,(H,18,19). The van der Waals surface area contributed by atoms with E-state index in [1.807, 2.05) is 18.2 Å². The molecule has 0 unspecified atom stereocenters. The molecule has 0 aliphatic heterocycles. The van der Waals surface area contributed by atoms with E-state index in [-0.39, 0.29) is 15.0 Å². The van der Waals surface area contributed by atoms with E-state index in [1.165, 1.54) is 12.1 Å². The molecule has 0 bridgehead atoms. The number of sulfone groups is 1. The lowest BCUT2D eigenvalue weighted by atomic mass is 10.3. The molecule has 1 aromatic heterocycles. The van der Waals surface area contributed by atoms with E-state index < -0.39 is 9.84 Å². The van der Waals surface area contributed by atoms with Gasteiger partial charge in [0, 0.05) is 5.69 Å². The van der Waals surface area contributed by atoms with Crippen LogP contribution in [0.5, 0.6) is 0 Å². The fraction of sp³-hybridized carbons (Fsp3) is 0. The van der Waals surface area contributed by atoms with E-state index in [2.05, 4.69) is 5.32 Å². The minimum Gasteiger partial charge on any atom is -0.321 e. The Bertz CT molecular complexity index is 917. The van der Waals surface area contributed by atoms with Crippen molar-refractivity contribution in [3.63, 3.8) is 0 Å². The number of benzene rings is 2. The Labute approximate surface area is 138 Å². The number of nitrogens with one attached hydrogen (secondary N) is 1. The van der Waals surface area contributed by atoms with Gasteiger partial charge in [0.15, 0.2) is 0 Å². The summed E-state index contributed by atoms with van der Waals surface area (Å²) in [6.45, 7) is 0. The van der Waals surface area contributed by atoms with Crippen molar-refractivity contribution in [2.75, 3.05) is 5.32 Å². The Morgan fingerprint density at radius 2 is 1.43 bits per heavy atom. The third kappa shape index (κ3) is 3.33. The highest BCUT2D eigenvalue weighted by Gasteiger charge is 2.21. The third-order valence-electron chi connectivity index (χ3n) is 3.16. The number of rotatable bonds is 4. The topological polar surface area (TPSA) is 63.2 Å². The molecule has 3 rings (SSSR count). The van der Waals surface area contributed by atoms with E-state index >= 15 is 0 Å². The second-order valence-electron chi connectivity index (χ2n) is 4.76. The average molecular weight is 343 g/mol. The zero-order valence-corrected chi connectivity index (χ0v) is 13.6. The molecule has 1 amide bonds. The first-order valence-corrected chi connectivity index (χ1v) is 9.14. The predicted octanol–water partition coefficient (Wildman–Crippen LogP) is 3.83. The molecule has 0 radical (unpaired) electrons. The molecule has 1 heterocycles. The van der Waals surface area contributed by atoms with Crippen molar-refractivity contribution in [2.24, 2.45) is 0 Å². The average Bonchev–Trinajstić information content (AvgIpc) is 3.07. The number of amides is 1. The lowest BCUT2D eigenvalue weighted by Crippen LogP contribution is -2.09. The number of para-hydroxylation sites is 1. The molecule has 6 heteroatoms. The molecule has 0 saturated carbocycles. The van der Waals surface area contributed by atoms with Gasteiger partial charge in [-0.1, -0.05) is 36.4 Å². The summed E-state index contributed by atoms with van der Waals surface area (Å²) in [6, 6.07) is 20.2. The van der Waals surface area contributed by atoms with Crippen LogP contribution in [0.3, 0.4) is 0 Å². The maximum Gasteiger partial charge on any atom is 0.265 e. The van der Waals surface area contributed by atoms with Crippen molar-refractivity contribution in [1.82, 2.24) is 0 Å². The molecule has 0 aliphatic carbocycles. The Kier molecular flexibility index (Phi) is 4.27. The molecular formula is C17H13NO3S2. The Morgan fingerprint density at radius 1 is 0.826 bits per heavy atom. The number of carbonyl (C=O) groups excluding carboxylic acids is 1. The van der Waals surface area contributed by atoms with Crippen LogP contribution in [0.2, 0.25) is 0 Å². The van der Waals surface area contributed by atoms with Crippen LogP contribution in [-0.2, 0) is 9.84 Å². The van der Waals surface area contributed by atoms with Crippen molar-refractivity contribution in [3.8, 4) is 0 Å². The van der Waals surface area contributed by atoms with Crippen LogP contribution in [0.25, 0.3) is 0 Å². The maximum atomic E-state index is 12.5. The lowest BCUT2D eigenvalue weighted by Gasteiger charge is -2.03. The van der Waals surface area contributed by atoms with Gasteiger partial charge < -0.3 is 5.32 Å². The molecular weight excluding hydrogens is 330 g/mol. The molecule has 0 aliphatic rings. The lowest BCUT2D eigenvalue weighted by molar-refractivity contribution is 0.103. The summed E-state index contributed by atoms with van der Waals surface area (Å²) in [5, 5.41) is 2.74. The number of hydrogen-bond donors (Lipinski definition) is 1. The summed E-state index contributed by atoms with van der Waals surface area (Å²) < 4.78 is 25.2. The van der Waals surface area contributed by atoms with Gasteiger partial charge in [-0.25, -0.2) is 8.42 Å². The number of thiophene rings is 1. The Hall–Kier alpha value is -2.44. The van der Waals surface area contributed by atoms with Crippen LogP contribution in [0.1, 0.15) is 9.67 Å². The normalized spacial score (nSPS) is 11.1. The summed E-state index contributed by atoms with van der Waals surface area (Å²) in [6.07, 6.45) is 0. The first-order chi connectivity index (χ1) is 11.1. The fourth-order valence-corrected chi connectivity index (χ4v) is 4.64. The molecule has 0 fully saturated rings. The van der Waals surface area contributed by atoms with Crippen LogP contribution in [-0.4, -0.2) is 14.3 Å². The van der Waals surface area contributed by atoms with E-state index in [4.69, 9.17) is 0 Å². The summed E-state index contributed by atoms with van der Waals surface area (Å²) in [5.41, 5.74) is 0.665. The van der Waals surface area contributed by atoms with Crippen LogP contribution < -0.4 is 5.32 Å². The predicted molar refractivity (Wildman–Crippen MR) is 90.6 cm³/mol. The first-order valence-electron chi connectivity index (χ1n) is 6.84. The summed E-state index contributed by atoms with van der Waals surface area (Å²) in [7, 11) is -3.59. The zero-order valence-electron chi connectivity index (χ0n) is 12.0. The molecule has 0 spiro atoms. The highest BCUT2D eigenvalue weighted by atomic mass is 32.2. The van der Waals surface area contributed by atoms with Crippen molar-refractivity contribution in [3.05, 3.63) is 77.7 Å². The molecule has 3 aromatic rings. The Balaban J connectivity index is 1.85. The molecule has 1 N–H and O–H groups in total. The largest absolute Gasteiger partial charge is 0.321 e. The fourth-order valence-electron chi connectivity index (χ4n) is 2.02. The van der Waals surface area contributed by atoms with Gasteiger partial charge in [-0.3, -0.25) is 4.79 Å². The number of anilines is 1. The van der Waals surface area contributed by atoms with E-state index in [9.17, 15) is 13.2 Å². The van der Waals surface area contributed by atoms with E-state index in [1.54, 1.807) is 42.5 Å². The summed E-state index contributed by atoms with van der Waals surface area (Å²) in [4.78, 5) is 12.8. The highest BCUT2D eigenvalue weighted by molar-refractivity contribution is 7.93. The SMILES string of the molecule is O=C(Nc1ccccc1)c1ccc(S(=O)(=O)c2ccccc2)s1. The van der Waals surface area contributed by atoms with Gasteiger partial charge in [0.05, 0.1) is 9.77 Å². The van der Waals surface area contributed by atoms with Crippen molar-refractivity contribution >= 4 is 32.8 Å². The minimum atomic E-state index is -3.59. The Morgan fingerprint density at radius 3 is 2.09 bits per heavy atom. The molecule has 0 atom stereocenters. The summed E-state index contributed by atoms with van der Waals surface area (Å²) >= 11 is 0.962. The molecule has 116 valence electrons. The van der Waals surface area contributed by atoms with Crippen LogP contribution in [0, 0.1) is 0 Å². The molecule has 4 nitrogen and oxygen atoms in total. The molecule has 23 heavy (non-hydrogen) atoms. The van der Waals surface area contributed by atoms with Gasteiger partial charge in [0.2, 0.25) is 9.84 Å². The van der Waals surface area contributed by atoms with Crippen molar-refractivity contribution in [2.45, 2.75) is 9.10 Å². The van der Waals surface area contributed by atoms with Gasteiger partial charge in [-0.2, -0.15) is 0 Å². The molecule has 2 aromatic carbocycles. The quantitative estimate of drug-likeness (QED) is 0.783.